The summed E-state index contributed by atoms with van der Waals surface area (Å²) in [5.41, 5.74) is 1.67. The molecule has 0 fully saturated rings. The van der Waals surface area contributed by atoms with Crippen molar-refractivity contribution in [1.29, 1.82) is 0 Å². The molecule has 0 aliphatic heterocycles. The Morgan fingerprint density at radius 3 is 2.62 bits per heavy atom. The van der Waals surface area contributed by atoms with E-state index in [9.17, 15) is 8.42 Å². The first kappa shape index (κ1) is 10.8. The van der Waals surface area contributed by atoms with E-state index in [4.69, 9.17) is 0 Å². The highest BCUT2D eigenvalue weighted by Gasteiger charge is 2.20. The van der Waals surface area contributed by atoms with Gasteiger partial charge in [0.1, 0.15) is 12.7 Å². The van der Waals surface area contributed by atoms with Gasteiger partial charge in [-0.1, -0.05) is 12.1 Å². The lowest BCUT2D eigenvalue weighted by molar-refractivity contribution is 0.579. The highest BCUT2D eigenvalue weighted by molar-refractivity contribution is 7.89. The molecule has 0 N–H and O–H groups in total. The number of rotatable bonds is 2. The Labute approximate surface area is 93.8 Å². The molecule has 0 aliphatic carbocycles. The predicted molar refractivity (Wildman–Crippen MR) is 58.5 cm³/mol. The van der Waals surface area contributed by atoms with Crippen LogP contribution in [0, 0.1) is 13.8 Å². The molecule has 2 rings (SSSR count). The van der Waals surface area contributed by atoms with Gasteiger partial charge >= 0.3 is 0 Å². The van der Waals surface area contributed by atoms with Crippen LogP contribution < -0.4 is 0 Å². The first-order valence-electron chi connectivity index (χ1n) is 4.70. The summed E-state index contributed by atoms with van der Waals surface area (Å²) >= 11 is 0. The zero-order valence-electron chi connectivity index (χ0n) is 8.95. The maximum absolute atomic E-state index is 12.1. The molecule has 0 saturated heterocycles. The van der Waals surface area contributed by atoms with Crippen LogP contribution in [0.1, 0.15) is 11.1 Å². The van der Waals surface area contributed by atoms with Gasteiger partial charge in [0.25, 0.3) is 10.0 Å². The van der Waals surface area contributed by atoms with Crippen molar-refractivity contribution in [2.24, 2.45) is 0 Å². The van der Waals surface area contributed by atoms with Crippen molar-refractivity contribution in [1.82, 2.24) is 14.2 Å². The lowest BCUT2D eigenvalue weighted by atomic mass is 10.1. The zero-order valence-corrected chi connectivity index (χ0v) is 9.77. The summed E-state index contributed by atoms with van der Waals surface area (Å²) in [6, 6.07) is 5.15. The average molecular weight is 237 g/mol. The maximum Gasteiger partial charge on any atom is 0.284 e. The molecular formula is C10H11N3O2S. The van der Waals surface area contributed by atoms with Crippen LogP contribution >= 0.6 is 0 Å². The molecule has 84 valence electrons. The van der Waals surface area contributed by atoms with Crippen LogP contribution in [0.25, 0.3) is 0 Å². The zero-order chi connectivity index (χ0) is 11.8. The molecule has 6 heteroatoms. The predicted octanol–water partition coefficient (Wildman–Crippen LogP) is 1.13. The molecule has 0 bridgehead atoms. The van der Waals surface area contributed by atoms with Crippen molar-refractivity contribution in [2.45, 2.75) is 18.7 Å². The van der Waals surface area contributed by atoms with E-state index in [-0.39, 0.29) is 4.90 Å². The summed E-state index contributed by atoms with van der Waals surface area (Å²) in [6.45, 7) is 3.65. The monoisotopic (exact) mass is 237 g/mol. The summed E-state index contributed by atoms with van der Waals surface area (Å²) in [5.74, 6) is 0. The molecule has 2 aromatic rings. The van der Waals surface area contributed by atoms with Crippen LogP contribution in [0.15, 0.2) is 35.7 Å². The second-order valence-corrected chi connectivity index (χ2v) is 5.24. The molecule has 1 aromatic heterocycles. The van der Waals surface area contributed by atoms with Gasteiger partial charge in [-0.3, -0.25) is 0 Å². The third-order valence-electron chi connectivity index (χ3n) is 2.48. The van der Waals surface area contributed by atoms with E-state index in [0.717, 1.165) is 15.2 Å². The lowest BCUT2D eigenvalue weighted by Crippen LogP contribution is -2.15. The van der Waals surface area contributed by atoms with Gasteiger partial charge in [-0.2, -0.15) is 8.42 Å². The lowest BCUT2D eigenvalue weighted by Gasteiger charge is -2.08. The Kier molecular flexibility index (Phi) is 2.51. The van der Waals surface area contributed by atoms with Crippen molar-refractivity contribution in [3.05, 3.63) is 42.0 Å². The van der Waals surface area contributed by atoms with Gasteiger partial charge in [0.05, 0.1) is 4.90 Å². The summed E-state index contributed by atoms with van der Waals surface area (Å²) < 4.78 is 25.1. The van der Waals surface area contributed by atoms with E-state index in [2.05, 4.69) is 10.1 Å². The van der Waals surface area contributed by atoms with Gasteiger partial charge in [-0.15, -0.1) is 9.19 Å². The number of aromatic nitrogens is 3. The fourth-order valence-corrected chi connectivity index (χ4v) is 2.77. The molecule has 0 radical (unpaired) electrons. The van der Waals surface area contributed by atoms with E-state index in [1.54, 1.807) is 19.1 Å². The fraction of sp³-hybridized carbons (Fsp3) is 0.200. The number of benzene rings is 1. The van der Waals surface area contributed by atoms with Gasteiger partial charge in [0, 0.05) is 0 Å². The number of hydrogen-bond donors (Lipinski definition) is 0. The molecule has 0 amide bonds. The van der Waals surface area contributed by atoms with Crippen molar-refractivity contribution < 1.29 is 8.42 Å². The Hall–Kier alpha value is -1.69. The van der Waals surface area contributed by atoms with Crippen LogP contribution in [0.2, 0.25) is 0 Å². The summed E-state index contributed by atoms with van der Waals surface area (Å²) in [6.07, 6.45) is 2.37. The molecule has 0 spiro atoms. The van der Waals surface area contributed by atoms with Crippen LogP contribution in [-0.4, -0.2) is 22.6 Å². The first-order chi connectivity index (χ1) is 7.53. The Balaban J connectivity index is 2.66. The van der Waals surface area contributed by atoms with Gasteiger partial charge in [0.15, 0.2) is 0 Å². The number of hydrogen-bond acceptors (Lipinski definition) is 4. The van der Waals surface area contributed by atoms with Crippen LogP contribution in [0.4, 0.5) is 0 Å². The second-order valence-electron chi connectivity index (χ2n) is 3.47. The minimum atomic E-state index is -3.61. The van der Waals surface area contributed by atoms with Gasteiger partial charge < -0.3 is 0 Å². The second kappa shape index (κ2) is 3.71. The van der Waals surface area contributed by atoms with Crippen molar-refractivity contribution in [3.63, 3.8) is 0 Å². The molecule has 0 unspecified atom stereocenters. The third kappa shape index (κ3) is 1.61. The van der Waals surface area contributed by atoms with Gasteiger partial charge in [0.2, 0.25) is 0 Å². The van der Waals surface area contributed by atoms with Crippen LogP contribution in [0.5, 0.6) is 0 Å². The van der Waals surface area contributed by atoms with Crippen LogP contribution in [0.3, 0.4) is 0 Å². The Bertz CT molecular complexity index is 603. The molecular weight excluding hydrogens is 226 g/mol. The Morgan fingerprint density at radius 2 is 2.00 bits per heavy atom. The maximum atomic E-state index is 12.1. The SMILES string of the molecule is Cc1cccc(S(=O)(=O)n2cncn2)c1C. The number of aryl methyl sites for hydroxylation is 1. The van der Waals surface area contributed by atoms with Crippen molar-refractivity contribution >= 4 is 10.0 Å². The largest absolute Gasteiger partial charge is 0.284 e. The quantitative estimate of drug-likeness (QED) is 0.785. The molecule has 1 heterocycles. The molecule has 0 saturated carbocycles. The molecule has 16 heavy (non-hydrogen) atoms. The Morgan fingerprint density at radius 1 is 1.25 bits per heavy atom. The highest BCUT2D eigenvalue weighted by atomic mass is 32.2. The highest BCUT2D eigenvalue weighted by Crippen LogP contribution is 2.19. The molecule has 0 atom stereocenters. The topological polar surface area (TPSA) is 64.8 Å². The van der Waals surface area contributed by atoms with Crippen LogP contribution in [-0.2, 0) is 10.0 Å². The first-order valence-corrected chi connectivity index (χ1v) is 6.14. The minimum absolute atomic E-state index is 0.262. The summed E-state index contributed by atoms with van der Waals surface area (Å²) in [4.78, 5) is 3.90. The van der Waals surface area contributed by atoms with E-state index < -0.39 is 10.0 Å². The fourth-order valence-electron chi connectivity index (χ4n) is 1.43. The third-order valence-corrected chi connectivity index (χ3v) is 4.16. The standard InChI is InChI=1S/C10H11N3O2S/c1-8-4-3-5-10(9(8)2)16(14,15)13-7-11-6-12-13/h3-7H,1-2H3. The van der Waals surface area contributed by atoms with E-state index in [1.165, 1.54) is 12.7 Å². The summed E-state index contributed by atoms with van der Waals surface area (Å²) in [5, 5.41) is 3.65. The van der Waals surface area contributed by atoms with Crippen molar-refractivity contribution in [3.8, 4) is 0 Å². The molecule has 0 aliphatic rings. The smallest absolute Gasteiger partial charge is 0.222 e. The van der Waals surface area contributed by atoms with E-state index in [1.807, 2.05) is 13.0 Å². The van der Waals surface area contributed by atoms with Gasteiger partial charge in [-0.25, -0.2) is 4.98 Å². The van der Waals surface area contributed by atoms with E-state index >= 15 is 0 Å². The minimum Gasteiger partial charge on any atom is -0.222 e. The van der Waals surface area contributed by atoms with Crippen molar-refractivity contribution in [2.75, 3.05) is 0 Å². The van der Waals surface area contributed by atoms with E-state index in [0.29, 0.717) is 0 Å². The van der Waals surface area contributed by atoms with Gasteiger partial charge in [-0.05, 0) is 31.0 Å². The number of nitrogens with zero attached hydrogens (tertiary/aromatic N) is 3. The molecule has 5 nitrogen and oxygen atoms in total. The average Bonchev–Trinajstić information content (AvgIpc) is 2.75. The molecule has 1 aromatic carbocycles. The normalized spacial score (nSPS) is 11.6. The summed E-state index contributed by atoms with van der Waals surface area (Å²) in [7, 11) is -3.61.